The van der Waals surface area contributed by atoms with E-state index in [1.165, 1.54) is 36.3 Å². The average molecular weight is 495 g/mol. The van der Waals surface area contributed by atoms with Crippen molar-refractivity contribution in [2.45, 2.75) is 32.6 Å². The summed E-state index contributed by atoms with van der Waals surface area (Å²) in [4.78, 5) is 26.0. The lowest BCUT2D eigenvalue weighted by atomic mass is 9.68. The first-order chi connectivity index (χ1) is 16.5. The minimum Gasteiger partial charge on any atom is -0.504 e. The smallest absolute Gasteiger partial charge is 0.271 e. The minimum atomic E-state index is -0.804. The molecular formula is C25H23ClN4O5. The highest BCUT2D eigenvalue weighted by atomic mass is 35.5. The second kappa shape index (κ2) is 8.64. The van der Waals surface area contributed by atoms with Crippen LogP contribution in [0.5, 0.6) is 11.5 Å². The van der Waals surface area contributed by atoms with Crippen LogP contribution in [0.25, 0.3) is 0 Å². The number of nitriles is 1. The number of carbonyl (C=O) groups excluding carboxylic acids is 1. The monoisotopic (exact) mass is 494 g/mol. The van der Waals surface area contributed by atoms with Gasteiger partial charge in [-0.2, -0.15) is 5.26 Å². The van der Waals surface area contributed by atoms with E-state index in [2.05, 4.69) is 6.07 Å². The topological polar surface area (TPSA) is 143 Å². The van der Waals surface area contributed by atoms with E-state index in [1.807, 2.05) is 13.8 Å². The first kappa shape index (κ1) is 24.1. The zero-order chi connectivity index (χ0) is 25.7. The zero-order valence-corrected chi connectivity index (χ0v) is 20.1. The third kappa shape index (κ3) is 4.06. The highest BCUT2D eigenvalue weighted by Crippen LogP contribution is 2.51. The van der Waals surface area contributed by atoms with Gasteiger partial charge in [-0.3, -0.25) is 19.8 Å². The molecule has 1 aliphatic carbocycles. The Labute approximate surface area is 206 Å². The molecule has 0 radical (unpaired) electrons. The number of methoxy groups -OCH3 is 1. The Morgan fingerprint density at radius 2 is 2.00 bits per heavy atom. The Kier molecular flexibility index (Phi) is 5.95. The number of nitro benzene ring substituents is 1. The Balaban J connectivity index is 2.04. The van der Waals surface area contributed by atoms with Crippen LogP contribution in [-0.4, -0.2) is 22.9 Å². The zero-order valence-electron chi connectivity index (χ0n) is 19.3. The molecule has 35 heavy (non-hydrogen) atoms. The molecule has 0 fully saturated rings. The minimum absolute atomic E-state index is 0.0242. The molecule has 9 nitrogen and oxygen atoms in total. The number of nitrogens with zero attached hydrogens (tertiary/aromatic N) is 3. The van der Waals surface area contributed by atoms with Gasteiger partial charge in [0, 0.05) is 29.8 Å². The largest absolute Gasteiger partial charge is 0.504 e. The quantitative estimate of drug-likeness (QED) is 0.451. The molecule has 2 aromatic rings. The number of ether oxygens (including phenoxy) is 1. The number of anilines is 1. The third-order valence-electron chi connectivity index (χ3n) is 6.30. The Bertz CT molecular complexity index is 1370. The SMILES string of the molecule is COc1cc(C2C(C#N)=C(N)N(c3cc([N+](=O)[O-])ccc3Cl)C3=C2C(=O)CC(C)(C)C3)ccc1O. The molecule has 0 spiro atoms. The van der Waals surface area contributed by atoms with E-state index in [0.717, 1.165) is 0 Å². The molecule has 2 aliphatic rings. The van der Waals surface area contributed by atoms with Crippen LogP contribution in [0.1, 0.15) is 38.2 Å². The number of nitrogens with two attached hydrogens (primary N) is 1. The lowest BCUT2D eigenvalue weighted by molar-refractivity contribution is -0.384. The van der Waals surface area contributed by atoms with E-state index >= 15 is 0 Å². The van der Waals surface area contributed by atoms with Crippen molar-refractivity contribution in [1.29, 1.82) is 5.26 Å². The number of carbonyl (C=O) groups is 1. The Hall–Kier alpha value is -4.03. The van der Waals surface area contributed by atoms with Crippen molar-refractivity contribution in [2.75, 3.05) is 12.0 Å². The van der Waals surface area contributed by atoms with Crippen LogP contribution < -0.4 is 15.4 Å². The predicted molar refractivity (Wildman–Crippen MR) is 130 cm³/mol. The van der Waals surface area contributed by atoms with E-state index in [4.69, 9.17) is 22.1 Å². The second-order valence-electron chi connectivity index (χ2n) is 9.30. The number of nitro groups is 1. The molecule has 3 N–H and O–H groups in total. The summed E-state index contributed by atoms with van der Waals surface area (Å²) in [5, 5.41) is 31.9. The predicted octanol–water partition coefficient (Wildman–Crippen LogP) is 4.90. The van der Waals surface area contributed by atoms with Gasteiger partial charge in [0.15, 0.2) is 17.3 Å². The first-order valence-electron chi connectivity index (χ1n) is 10.8. The highest BCUT2D eigenvalue weighted by Gasteiger charge is 2.45. The summed E-state index contributed by atoms with van der Waals surface area (Å²) < 4.78 is 5.24. The lowest BCUT2D eigenvalue weighted by Crippen LogP contribution is -2.42. The molecule has 180 valence electrons. The van der Waals surface area contributed by atoms with Crippen molar-refractivity contribution in [3.63, 3.8) is 0 Å². The van der Waals surface area contributed by atoms with Gasteiger partial charge < -0.3 is 15.6 Å². The van der Waals surface area contributed by atoms with Gasteiger partial charge in [0.05, 0.1) is 40.3 Å². The number of non-ortho nitro benzene ring substituents is 1. The summed E-state index contributed by atoms with van der Waals surface area (Å²) in [6.07, 6.45) is 0.658. The Morgan fingerprint density at radius 3 is 2.63 bits per heavy atom. The van der Waals surface area contributed by atoms with Gasteiger partial charge in [-0.25, -0.2) is 0 Å². The highest BCUT2D eigenvalue weighted by molar-refractivity contribution is 6.33. The summed E-state index contributed by atoms with van der Waals surface area (Å²) in [6.45, 7) is 3.89. The molecule has 1 unspecified atom stereocenters. The normalized spacial score (nSPS) is 19.3. The molecule has 0 saturated heterocycles. The summed E-state index contributed by atoms with van der Waals surface area (Å²) in [5.74, 6) is -0.843. The number of benzene rings is 2. The fraction of sp³-hybridized carbons (Fsp3) is 0.280. The van der Waals surface area contributed by atoms with Gasteiger partial charge in [0.2, 0.25) is 0 Å². The van der Waals surface area contributed by atoms with Crippen molar-refractivity contribution in [2.24, 2.45) is 11.1 Å². The number of aromatic hydroxyl groups is 1. The van der Waals surface area contributed by atoms with E-state index in [-0.39, 0.29) is 51.5 Å². The van der Waals surface area contributed by atoms with Crippen molar-refractivity contribution in [3.05, 3.63) is 79.8 Å². The van der Waals surface area contributed by atoms with E-state index < -0.39 is 16.3 Å². The van der Waals surface area contributed by atoms with Crippen LogP contribution >= 0.6 is 11.6 Å². The number of halogens is 1. The molecule has 0 bridgehead atoms. The number of hydrogen-bond acceptors (Lipinski definition) is 8. The molecule has 1 aliphatic heterocycles. The molecule has 0 amide bonds. The molecule has 4 rings (SSSR count). The van der Waals surface area contributed by atoms with Gasteiger partial charge in [-0.1, -0.05) is 31.5 Å². The van der Waals surface area contributed by atoms with E-state index in [0.29, 0.717) is 23.3 Å². The molecule has 1 atom stereocenters. The van der Waals surface area contributed by atoms with Crippen LogP contribution in [-0.2, 0) is 4.79 Å². The van der Waals surface area contributed by atoms with E-state index in [1.54, 1.807) is 12.1 Å². The third-order valence-corrected chi connectivity index (χ3v) is 6.62. The van der Waals surface area contributed by atoms with Gasteiger partial charge in [0.1, 0.15) is 5.82 Å². The van der Waals surface area contributed by atoms with Crippen LogP contribution in [0, 0.1) is 26.9 Å². The van der Waals surface area contributed by atoms with Crippen molar-refractivity contribution < 1.29 is 19.6 Å². The molecule has 10 heteroatoms. The number of rotatable bonds is 4. The van der Waals surface area contributed by atoms with Crippen LogP contribution in [0.4, 0.5) is 11.4 Å². The van der Waals surface area contributed by atoms with Crippen molar-refractivity contribution in [1.82, 2.24) is 0 Å². The number of phenols is 1. The fourth-order valence-corrected chi connectivity index (χ4v) is 4.98. The maximum absolute atomic E-state index is 13.6. The number of Topliss-reactive ketones (excluding diaryl/α,β-unsaturated/α-hetero) is 1. The number of hydrogen-bond donors (Lipinski definition) is 2. The summed E-state index contributed by atoms with van der Waals surface area (Å²) >= 11 is 6.46. The van der Waals surface area contributed by atoms with Crippen molar-refractivity contribution >= 4 is 28.8 Å². The standard InChI is InChI=1S/C25H23ClN4O5/c1-25(2)10-18-23(20(32)11-25)22(13-4-7-19(31)21(8-13)35-3)15(12-27)24(28)29(18)17-9-14(30(33)34)5-6-16(17)26/h4-9,22,31H,10-11,28H2,1-3H3. The maximum atomic E-state index is 13.6. The van der Waals surface area contributed by atoms with Gasteiger partial charge in [-0.05, 0) is 35.6 Å². The number of ketones is 1. The summed E-state index contributed by atoms with van der Waals surface area (Å²) in [5.41, 5.74) is 7.67. The van der Waals surface area contributed by atoms with Gasteiger partial charge >= 0.3 is 0 Å². The maximum Gasteiger partial charge on any atom is 0.271 e. The molecular weight excluding hydrogens is 472 g/mol. The van der Waals surface area contributed by atoms with Crippen LogP contribution in [0.2, 0.25) is 5.02 Å². The molecule has 0 aromatic heterocycles. The molecule has 1 heterocycles. The lowest BCUT2D eigenvalue weighted by Gasteiger charge is -2.44. The summed E-state index contributed by atoms with van der Waals surface area (Å²) in [7, 11) is 1.40. The Morgan fingerprint density at radius 1 is 1.29 bits per heavy atom. The number of allylic oxidation sites excluding steroid dienone is 3. The van der Waals surface area contributed by atoms with E-state index in [9.17, 15) is 25.3 Å². The number of phenolic OH excluding ortho intramolecular Hbond substituents is 1. The molecule has 0 saturated carbocycles. The average Bonchev–Trinajstić information content (AvgIpc) is 2.78. The van der Waals surface area contributed by atoms with Gasteiger partial charge in [-0.15, -0.1) is 0 Å². The fourth-order valence-electron chi connectivity index (χ4n) is 4.78. The van der Waals surface area contributed by atoms with Crippen LogP contribution in [0.3, 0.4) is 0 Å². The van der Waals surface area contributed by atoms with Crippen molar-refractivity contribution in [3.8, 4) is 17.6 Å². The van der Waals surface area contributed by atoms with Crippen LogP contribution in [0.15, 0.2) is 59.1 Å². The second-order valence-corrected chi connectivity index (χ2v) is 9.71. The van der Waals surface area contributed by atoms with Gasteiger partial charge in [0.25, 0.3) is 5.69 Å². The first-order valence-corrected chi connectivity index (χ1v) is 11.1. The molecule has 2 aromatic carbocycles. The summed E-state index contributed by atoms with van der Waals surface area (Å²) in [6, 6.07) is 10.7.